The van der Waals surface area contributed by atoms with Crippen LogP contribution in [0.25, 0.3) is 0 Å². The number of benzene rings is 2. The van der Waals surface area contributed by atoms with Gasteiger partial charge in [-0.15, -0.1) is 10.2 Å². The summed E-state index contributed by atoms with van der Waals surface area (Å²) in [6.07, 6.45) is 0. The minimum atomic E-state index is -3.66. The third-order valence-electron chi connectivity index (χ3n) is 3.79. The third-order valence-corrected chi connectivity index (χ3v) is 6.76. The van der Waals surface area contributed by atoms with Gasteiger partial charge in [0.2, 0.25) is 19.3 Å². The number of rotatable bonds is 8. The zero-order valence-electron chi connectivity index (χ0n) is 15.8. The Balaban J connectivity index is 1.58. The van der Waals surface area contributed by atoms with E-state index >= 15 is 0 Å². The fourth-order valence-corrected chi connectivity index (χ4v) is 4.77. The van der Waals surface area contributed by atoms with E-state index in [1.54, 1.807) is 49.6 Å². The summed E-state index contributed by atoms with van der Waals surface area (Å²) in [4.78, 5) is 12.0. The van der Waals surface area contributed by atoms with E-state index in [2.05, 4.69) is 15.5 Å². The van der Waals surface area contributed by atoms with Crippen molar-refractivity contribution in [2.24, 2.45) is 0 Å². The molecule has 2 aromatic carbocycles. The number of methoxy groups -OCH3 is 1. The predicted molar refractivity (Wildman–Crippen MR) is 109 cm³/mol. The highest BCUT2D eigenvalue weighted by atomic mass is 32.2. The Bertz CT molecular complexity index is 1100. The van der Waals surface area contributed by atoms with Crippen LogP contribution in [-0.4, -0.2) is 38.2 Å². The van der Waals surface area contributed by atoms with Crippen molar-refractivity contribution in [1.29, 1.82) is 0 Å². The Kier molecular flexibility index (Phi) is 6.45. The molecule has 0 aliphatic carbocycles. The van der Waals surface area contributed by atoms with E-state index in [0.717, 1.165) is 16.9 Å². The molecule has 29 heavy (non-hydrogen) atoms. The van der Waals surface area contributed by atoms with Crippen molar-refractivity contribution in [1.82, 2.24) is 10.2 Å². The van der Waals surface area contributed by atoms with Crippen LogP contribution < -0.4 is 14.8 Å². The zero-order chi connectivity index (χ0) is 20.9. The SMILES string of the molecule is COc1ccc(OCC(=O)Nc2nnc(S(=O)(=O)Cc3cccc(C)c3)s2)cc1. The summed E-state index contributed by atoms with van der Waals surface area (Å²) < 4.78 is 35.3. The van der Waals surface area contributed by atoms with Gasteiger partial charge in [-0.05, 0) is 36.8 Å². The Morgan fingerprint density at radius 2 is 1.83 bits per heavy atom. The second kappa shape index (κ2) is 9.01. The lowest BCUT2D eigenvalue weighted by Gasteiger charge is -2.06. The number of nitrogens with zero attached hydrogens (tertiary/aromatic N) is 2. The van der Waals surface area contributed by atoms with Crippen molar-refractivity contribution in [2.75, 3.05) is 19.0 Å². The molecule has 8 nitrogen and oxygen atoms in total. The van der Waals surface area contributed by atoms with Gasteiger partial charge in [-0.3, -0.25) is 10.1 Å². The fourth-order valence-electron chi connectivity index (χ4n) is 2.45. The molecule has 1 heterocycles. The highest BCUT2D eigenvalue weighted by Gasteiger charge is 2.22. The zero-order valence-corrected chi connectivity index (χ0v) is 17.4. The molecule has 0 radical (unpaired) electrons. The molecule has 1 aromatic heterocycles. The Morgan fingerprint density at radius 3 is 2.52 bits per heavy atom. The molecule has 0 saturated carbocycles. The van der Waals surface area contributed by atoms with Crippen LogP contribution in [0, 0.1) is 6.92 Å². The molecule has 0 fully saturated rings. The number of sulfone groups is 1. The van der Waals surface area contributed by atoms with E-state index in [9.17, 15) is 13.2 Å². The standard InChI is InChI=1S/C19H19N3O5S2/c1-13-4-3-5-14(10-13)12-29(24,25)19-22-21-18(28-19)20-17(23)11-27-16-8-6-15(26-2)7-9-16/h3-10H,11-12H2,1-2H3,(H,20,21,23). The number of ether oxygens (including phenoxy) is 2. The van der Waals surface area contributed by atoms with Gasteiger partial charge in [0.15, 0.2) is 6.61 Å². The van der Waals surface area contributed by atoms with Crippen molar-refractivity contribution in [3.63, 3.8) is 0 Å². The van der Waals surface area contributed by atoms with Crippen molar-refractivity contribution in [3.8, 4) is 11.5 Å². The van der Waals surface area contributed by atoms with Crippen molar-refractivity contribution >= 4 is 32.2 Å². The lowest BCUT2D eigenvalue weighted by atomic mass is 10.2. The molecule has 0 atom stereocenters. The van der Waals surface area contributed by atoms with E-state index in [4.69, 9.17) is 9.47 Å². The van der Waals surface area contributed by atoms with Gasteiger partial charge in [-0.1, -0.05) is 41.2 Å². The molecule has 10 heteroatoms. The molecule has 1 amide bonds. The van der Waals surface area contributed by atoms with Gasteiger partial charge in [0.25, 0.3) is 5.91 Å². The molecule has 3 aromatic rings. The summed E-state index contributed by atoms with van der Waals surface area (Å²) in [5.74, 6) is 0.520. The maximum atomic E-state index is 12.5. The van der Waals surface area contributed by atoms with Crippen molar-refractivity contribution in [2.45, 2.75) is 17.0 Å². The number of carbonyl (C=O) groups excluding carboxylic acids is 1. The van der Waals surface area contributed by atoms with Crippen LogP contribution in [0.1, 0.15) is 11.1 Å². The molecule has 0 saturated heterocycles. The minimum Gasteiger partial charge on any atom is -0.497 e. The highest BCUT2D eigenvalue weighted by molar-refractivity contribution is 7.92. The van der Waals surface area contributed by atoms with Gasteiger partial charge in [0.1, 0.15) is 11.5 Å². The molecule has 0 aliphatic rings. The Hall–Kier alpha value is -2.98. The number of hydrogen-bond donors (Lipinski definition) is 1. The topological polar surface area (TPSA) is 107 Å². The fraction of sp³-hybridized carbons (Fsp3) is 0.211. The Morgan fingerprint density at radius 1 is 1.10 bits per heavy atom. The average molecular weight is 434 g/mol. The summed E-state index contributed by atoms with van der Waals surface area (Å²) in [6, 6.07) is 14.0. The summed E-state index contributed by atoms with van der Waals surface area (Å²) in [5.41, 5.74) is 1.64. The van der Waals surface area contributed by atoms with Gasteiger partial charge < -0.3 is 9.47 Å². The van der Waals surface area contributed by atoms with Gasteiger partial charge in [0.05, 0.1) is 12.9 Å². The quantitative estimate of drug-likeness (QED) is 0.544. The molecule has 0 aliphatic heterocycles. The Labute approximate surface area is 172 Å². The first-order valence-electron chi connectivity index (χ1n) is 8.54. The second-order valence-electron chi connectivity index (χ2n) is 6.13. The van der Waals surface area contributed by atoms with E-state index in [1.165, 1.54) is 0 Å². The van der Waals surface area contributed by atoms with Gasteiger partial charge >= 0.3 is 0 Å². The van der Waals surface area contributed by atoms with Crippen LogP contribution in [0.3, 0.4) is 0 Å². The molecule has 152 valence electrons. The lowest BCUT2D eigenvalue weighted by Crippen LogP contribution is -2.20. The molecule has 1 N–H and O–H groups in total. The normalized spacial score (nSPS) is 11.1. The monoisotopic (exact) mass is 433 g/mol. The number of amides is 1. The minimum absolute atomic E-state index is 0.0937. The number of aromatic nitrogens is 2. The second-order valence-corrected chi connectivity index (χ2v) is 9.27. The van der Waals surface area contributed by atoms with Crippen LogP contribution in [0.5, 0.6) is 11.5 Å². The summed E-state index contributed by atoms with van der Waals surface area (Å²) in [7, 11) is -2.10. The maximum absolute atomic E-state index is 12.5. The molecular formula is C19H19N3O5S2. The van der Waals surface area contributed by atoms with Crippen molar-refractivity contribution in [3.05, 3.63) is 59.7 Å². The van der Waals surface area contributed by atoms with Crippen molar-refractivity contribution < 1.29 is 22.7 Å². The first-order chi connectivity index (χ1) is 13.9. The molecule has 0 bridgehead atoms. The predicted octanol–water partition coefficient (Wildman–Crippen LogP) is 2.85. The average Bonchev–Trinajstić information content (AvgIpc) is 3.16. The van der Waals surface area contributed by atoms with E-state index in [1.807, 2.05) is 13.0 Å². The van der Waals surface area contributed by atoms with E-state index in [-0.39, 0.29) is 21.8 Å². The van der Waals surface area contributed by atoms with Crippen LogP contribution >= 0.6 is 11.3 Å². The van der Waals surface area contributed by atoms with Crippen LogP contribution in [0.15, 0.2) is 52.9 Å². The summed E-state index contributed by atoms with van der Waals surface area (Å²) in [6.45, 7) is 1.64. The van der Waals surface area contributed by atoms with Crippen LogP contribution in [0.4, 0.5) is 5.13 Å². The molecule has 0 unspecified atom stereocenters. The first kappa shape index (κ1) is 20.7. The van der Waals surface area contributed by atoms with Gasteiger partial charge in [-0.25, -0.2) is 8.42 Å². The largest absolute Gasteiger partial charge is 0.497 e. The molecule has 3 rings (SSSR count). The third kappa shape index (κ3) is 5.75. The van der Waals surface area contributed by atoms with Gasteiger partial charge in [0, 0.05) is 0 Å². The summed E-state index contributed by atoms with van der Waals surface area (Å²) >= 11 is 0.804. The van der Waals surface area contributed by atoms with E-state index in [0.29, 0.717) is 17.1 Å². The van der Waals surface area contributed by atoms with E-state index < -0.39 is 15.7 Å². The number of aryl methyl sites for hydroxylation is 1. The number of anilines is 1. The van der Waals surface area contributed by atoms with Gasteiger partial charge in [-0.2, -0.15) is 0 Å². The first-order valence-corrected chi connectivity index (χ1v) is 11.0. The van der Waals surface area contributed by atoms with Crippen LogP contribution in [0.2, 0.25) is 0 Å². The lowest BCUT2D eigenvalue weighted by molar-refractivity contribution is -0.118. The number of carbonyl (C=O) groups is 1. The highest BCUT2D eigenvalue weighted by Crippen LogP contribution is 2.24. The number of hydrogen-bond acceptors (Lipinski definition) is 8. The molecular weight excluding hydrogens is 414 g/mol. The maximum Gasteiger partial charge on any atom is 0.264 e. The smallest absolute Gasteiger partial charge is 0.264 e. The number of nitrogens with one attached hydrogen (secondary N) is 1. The summed E-state index contributed by atoms with van der Waals surface area (Å²) in [5, 5.41) is 10.0. The van der Waals surface area contributed by atoms with Crippen LogP contribution in [-0.2, 0) is 20.4 Å². The molecule has 0 spiro atoms.